The first kappa shape index (κ1) is 18.1. The molecule has 122 valence electrons. The SMILES string of the molecule is CCCOc1ccc(/C=C/C(=O)N(C)CC(C)C)cc1OC. The van der Waals surface area contributed by atoms with Gasteiger partial charge in [0, 0.05) is 19.7 Å². The van der Waals surface area contributed by atoms with E-state index < -0.39 is 0 Å². The van der Waals surface area contributed by atoms with E-state index in [1.165, 1.54) is 0 Å². The molecule has 4 heteroatoms. The highest BCUT2D eigenvalue weighted by Crippen LogP contribution is 2.28. The number of nitrogens with zero attached hydrogens (tertiary/aromatic N) is 1. The summed E-state index contributed by atoms with van der Waals surface area (Å²) in [5.41, 5.74) is 0.909. The number of hydrogen-bond acceptors (Lipinski definition) is 3. The fourth-order valence-electron chi connectivity index (χ4n) is 2.05. The van der Waals surface area contributed by atoms with Crippen molar-refractivity contribution in [3.8, 4) is 11.5 Å². The van der Waals surface area contributed by atoms with Crippen LogP contribution in [0.5, 0.6) is 11.5 Å². The third kappa shape index (κ3) is 5.80. The fourth-order valence-corrected chi connectivity index (χ4v) is 2.05. The third-order valence-corrected chi connectivity index (χ3v) is 3.08. The second kappa shape index (κ2) is 9.13. The quantitative estimate of drug-likeness (QED) is 0.689. The van der Waals surface area contributed by atoms with Crippen molar-refractivity contribution < 1.29 is 14.3 Å². The minimum Gasteiger partial charge on any atom is -0.493 e. The monoisotopic (exact) mass is 305 g/mol. The highest BCUT2D eigenvalue weighted by molar-refractivity contribution is 5.91. The van der Waals surface area contributed by atoms with Crippen molar-refractivity contribution in [2.24, 2.45) is 5.92 Å². The van der Waals surface area contributed by atoms with Gasteiger partial charge in [0.2, 0.25) is 5.91 Å². The van der Waals surface area contributed by atoms with Crippen LogP contribution >= 0.6 is 0 Å². The minimum atomic E-state index is -0.000948. The molecule has 1 amide bonds. The van der Waals surface area contributed by atoms with Gasteiger partial charge in [-0.25, -0.2) is 0 Å². The molecule has 1 aromatic rings. The van der Waals surface area contributed by atoms with Crippen molar-refractivity contribution >= 4 is 12.0 Å². The molecule has 0 saturated heterocycles. The van der Waals surface area contributed by atoms with Gasteiger partial charge in [-0.05, 0) is 36.1 Å². The maximum atomic E-state index is 12.0. The molecule has 0 aromatic heterocycles. The maximum absolute atomic E-state index is 12.0. The summed E-state index contributed by atoms with van der Waals surface area (Å²) in [6.45, 7) is 7.64. The molecule has 0 heterocycles. The molecule has 0 fully saturated rings. The fraction of sp³-hybridized carbons (Fsp3) is 0.500. The van der Waals surface area contributed by atoms with Crippen LogP contribution in [0.25, 0.3) is 6.08 Å². The molecule has 1 rings (SSSR count). The molecule has 0 saturated carbocycles. The van der Waals surface area contributed by atoms with Gasteiger partial charge in [0.05, 0.1) is 13.7 Å². The number of rotatable bonds is 8. The predicted molar refractivity (Wildman–Crippen MR) is 90.3 cm³/mol. The first-order valence-corrected chi connectivity index (χ1v) is 7.72. The summed E-state index contributed by atoms with van der Waals surface area (Å²) in [6, 6.07) is 5.66. The first-order chi connectivity index (χ1) is 10.5. The lowest BCUT2D eigenvalue weighted by Crippen LogP contribution is -2.28. The predicted octanol–water partition coefficient (Wildman–Crippen LogP) is 3.61. The summed E-state index contributed by atoms with van der Waals surface area (Å²) in [6.07, 6.45) is 4.33. The van der Waals surface area contributed by atoms with Gasteiger partial charge in [-0.2, -0.15) is 0 Å². The summed E-state index contributed by atoms with van der Waals surface area (Å²) in [5, 5.41) is 0. The van der Waals surface area contributed by atoms with Gasteiger partial charge in [-0.3, -0.25) is 4.79 Å². The van der Waals surface area contributed by atoms with Crippen LogP contribution in [0.2, 0.25) is 0 Å². The van der Waals surface area contributed by atoms with Gasteiger partial charge >= 0.3 is 0 Å². The number of hydrogen-bond donors (Lipinski definition) is 0. The zero-order valence-corrected chi connectivity index (χ0v) is 14.3. The maximum Gasteiger partial charge on any atom is 0.246 e. The molecule has 0 radical (unpaired) electrons. The summed E-state index contributed by atoms with van der Waals surface area (Å²) >= 11 is 0. The summed E-state index contributed by atoms with van der Waals surface area (Å²) in [4.78, 5) is 13.7. The second-order valence-electron chi connectivity index (χ2n) is 5.70. The van der Waals surface area contributed by atoms with E-state index in [1.54, 1.807) is 24.2 Å². The molecular formula is C18H27NO3. The Balaban J connectivity index is 2.76. The molecule has 0 unspecified atom stereocenters. The Kier molecular flexibility index (Phi) is 7.50. The van der Waals surface area contributed by atoms with Gasteiger partial charge in [0.25, 0.3) is 0 Å². The Morgan fingerprint density at radius 2 is 2.05 bits per heavy atom. The lowest BCUT2D eigenvalue weighted by Gasteiger charge is -2.17. The topological polar surface area (TPSA) is 38.8 Å². The molecule has 22 heavy (non-hydrogen) atoms. The zero-order valence-electron chi connectivity index (χ0n) is 14.3. The van der Waals surface area contributed by atoms with E-state index in [9.17, 15) is 4.79 Å². The summed E-state index contributed by atoms with van der Waals surface area (Å²) in [7, 11) is 3.43. The molecule has 0 aliphatic heterocycles. The number of benzene rings is 1. The Labute approximate surface area is 133 Å². The van der Waals surface area contributed by atoms with E-state index in [0.717, 1.165) is 24.3 Å². The van der Waals surface area contributed by atoms with Gasteiger partial charge in [0.1, 0.15) is 0 Å². The highest BCUT2D eigenvalue weighted by Gasteiger charge is 2.07. The Morgan fingerprint density at radius 1 is 1.32 bits per heavy atom. The zero-order chi connectivity index (χ0) is 16.5. The molecular weight excluding hydrogens is 278 g/mol. The Hall–Kier alpha value is -1.97. The lowest BCUT2D eigenvalue weighted by molar-refractivity contribution is -0.125. The molecule has 4 nitrogen and oxygen atoms in total. The third-order valence-electron chi connectivity index (χ3n) is 3.08. The van der Waals surface area contributed by atoms with Crippen LogP contribution in [0.1, 0.15) is 32.8 Å². The van der Waals surface area contributed by atoms with E-state index in [1.807, 2.05) is 25.2 Å². The van der Waals surface area contributed by atoms with Crippen molar-refractivity contribution in [2.75, 3.05) is 27.3 Å². The molecule has 0 N–H and O–H groups in total. The highest BCUT2D eigenvalue weighted by atomic mass is 16.5. The largest absolute Gasteiger partial charge is 0.493 e. The first-order valence-electron chi connectivity index (χ1n) is 7.72. The lowest BCUT2D eigenvalue weighted by atomic mass is 10.1. The number of amides is 1. The molecule has 1 aromatic carbocycles. The average molecular weight is 305 g/mol. The number of carbonyl (C=O) groups is 1. The molecule has 0 bridgehead atoms. The van der Waals surface area contributed by atoms with Gasteiger partial charge in [-0.1, -0.05) is 26.8 Å². The van der Waals surface area contributed by atoms with Crippen molar-refractivity contribution in [1.29, 1.82) is 0 Å². The normalized spacial score (nSPS) is 11.0. The number of likely N-dealkylation sites (N-methyl/N-ethyl adjacent to an activating group) is 1. The van der Waals surface area contributed by atoms with Crippen LogP contribution in [0.3, 0.4) is 0 Å². The minimum absolute atomic E-state index is 0.000948. The van der Waals surface area contributed by atoms with Gasteiger partial charge in [0.15, 0.2) is 11.5 Å². The summed E-state index contributed by atoms with van der Waals surface area (Å²) in [5.74, 6) is 1.86. The second-order valence-corrected chi connectivity index (χ2v) is 5.70. The van der Waals surface area contributed by atoms with Gasteiger partial charge < -0.3 is 14.4 Å². The standard InChI is InChI=1S/C18H27NO3/c1-6-11-22-16-9-7-15(12-17(16)21-5)8-10-18(20)19(4)13-14(2)3/h7-10,12,14H,6,11,13H2,1-5H3/b10-8+. The van der Waals surface area contributed by atoms with Crippen molar-refractivity contribution in [2.45, 2.75) is 27.2 Å². The van der Waals surface area contributed by atoms with Crippen LogP contribution in [0.15, 0.2) is 24.3 Å². The Bertz CT molecular complexity index is 509. The molecule has 0 atom stereocenters. The molecule has 0 aliphatic carbocycles. The molecule has 0 aliphatic rings. The average Bonchev–Trinajstić information content (AvgIpc) is 2.50. The van der Waals surface area contributed by atoms with Crippen molar-refractivity contribution in [3.05, 3.63) is 29.8 Å². The van der Waals surface area contributed by atoms with Crippen molar-refractivity contribution in [1.82, 2.24) is 4.90 Å². The van der Waals surface area contributed by atoms with E-state index >= 15 is 0 Å². The number of ether oxygens (including phenoxy) is 2. The molecule has 0 spiro atoms. The smallest absolute Gasteiger partial charge is 0.246 e. The Morgan fingerprint density at radius 3 is 2.64 bits per heavy atom. The van der Waals surface area contributed by atoms with E-state index in [2.05, 4.69) is 20.8 Å². The summed E-state index contributed by atoms with van der Waals surface area (Å²) < 4.78 is 11.0. The number of carbonyl (C=O) groups excluding carboxylic acids is 1. The van der Waals surface area contributed by atoms with E-state index in [4.69, 9.17) is 9.47 Å². The van der Waals surface area contributed by atoms with Crippen LogP contribution in [0.4, 0.5) is 0 Å². The van der Waals surface area contributed by atoms with E-state index in [-0.39, 0.29) is 5.91 Å². The van der Waals surface area contributed by atoms with Crippen LogP contribution < -0.4 is 9.47 Å². The van der Waals surface area contributed by atoms with Gasteiger partial charge in [-0.15, -0.1) is 0 Å². The van der Waals surface area contributed by atoms with Crippen LogP contribution in [0, 0.1) is 5.92 Å². The number of methoxy groups -OCH3 is 1. The van der Waals surface area contributed by atoms with Crippen LogP contribution in [-0.4, -0.2) is 38.1 Å². The van der Waals surface area contributed by atoms with Crippen molar-refractivity contribution in [3.63, 3.8) is 0 Å². The van der Waals surface area contributed by atoms with Crippen LogP contribution in [-0.2, 0) is 4.79 Å². The van der Waals surface area contributed by atoms with E-state index in [0.29, 0.717) is 18.3 Å².